The molecule has 3 rings (SSSR count). The molecule has 0 aromatic rings. The lowest BCUT2D eigenvalue weighted by atomic mass is 9.78. The molecule has 4 atom stereocenters. The van der Waals surface area contributed by atoms with Gasteiger partial charge in [-0.3, -0.25) is 4.79 Å². The summed E-state index contributed by atoms with van der Waals surface area (Å²) in [6.45, 7) is 2.53. The van der Waals surface area contributed by atoms with Crippen LogP contribution in [0.25, 0.3) is 0 Å². The van der Waals surface area contributed by atoms with E-state index < -0.39 is 0 Å². The lowest BCUT2D eigenvalue weighted by Gasteiger charge is -2.29. The minimum absolute atomic E-state index is 0. The van der Waals surface area contributed by atoms with Crippen LogP contribution >= 0.6 is 12.4 Å². The van der Waals surface area contributed by atoms with Gasteiger partial charge in [0.2, 0.25) is 0 Å². The maximum absolute atomic E-state index is 12.3. The molecular weight excluding hydrogens is 252 g/mol. The van der Waals surface area contributed by atoms with Crippen molar-refractivity contribution in [3.05, 3.63) is 0 Å². The second-order valence-corrected chi connectivity index (χ2v) is 5.76. The lowest BCUT2D eigenvalue weighted by Crippen LogP contribution is -2.40. The van der Waals surface area contributed by atoms with Crippen LogP contribution in [-0.4, -0.2) is 42.6 Å². The normalized spacial score (nSPS) is 39.3. The van der Waals surface area contributed by atoms with E-state index in [4.69, 9.17) is 10.5 Å². The van der Waals surface area contributed by atoms with Crippen LogP contribution in [0.4, 0.5) is 0 Å². The zero-order valence-electron chi connectivity index (χ0n) is 10.7. The highest BCUT2D eigenvalue weighted by Gasteiger charge is 2.42. The first-order chi connectivity index (χ1) is 8.25. The van der Waals surface area contributed by atoms with Crippen LogP contribution < -0.4 is 5.73 Å². The topological polar surface area (TPSA) is 55.6 Å². The number of halogens is 1. The zero-order chi connectivity index (χ0) is 11.8. The molecule has 1 saturated carbocycles. The van der Waals surface area contributed by atoms with Crippen molar-refractivity contribution >= 4 is 18.3 Å². The Hall–Kier alpha value is -0.320. The number of carbonyl (C=O) groups excluding carboxylic acids is 1. The van der Waals surface area contributed by atoms with Gasteiger partial charge in [0, 0.05) is 25.7 Å². The van der Waals surface area contributed by atoms with E-state index in [0.717, 1.165) is 39.0 Å². The van der Waals surface area contributed by atoms with Crippen LogP contribution in [-0.2, 0) is 9.53 Å². The fourth-order valence-electron chi connectivity index (χ4n) is 3.67. The minimum Gasteiger partial charge on any atom is -0.368 e. The van der Waals surface area contributed by atoms with Gasteiger partial charge in [-0.05, 0) is 37.5 Å². The Kier molecular flexibility index (Phi) is 4.51. The number of hydrogen-bond acceptors (Lipinski definition) is 3. The summed E-state index contributed by atoms with van der Waals surface area (Å²) in [7, 11) is 0. The molecule has 0 bridgehead atoms. The van der Waals surface area contributed by atoms with E-state index in [0.29, 0.717) is 17.9 Å². The van der Waals surface area contributed by atoms with Crippen molar-refractivity contribution in [2.24, 2.45) is 17.6 Å². The Morgan fingerprint density at radius 3 is 2.67 bits per heavy atom. The van der Waals surface area contributed by atoms with Crippen molar-refractivity contribution < 1.29 is 9.53 Å². The van der Waals surface area contributed by atoms with Gasteiger partial charge >= 0.3 is 0 Å². The summed E-state index contributed by atoms with van der Waals surface area (Å²) in [5.74, 6) is 1.39. The van der Waals surface area contributed by atoms with E-state index in [9.17, 15) is 4.79 Å². The van der Waals surface area contributed by atoms with E-state index in [1.165, 1.54) is 12.8 Å². The SMILES string of the molecule is Cl.NC1CCCC2CN(C(=O)[C@@H]3CCCO3)CC12. The van der Waals surface area contributed by atoms with Gasteiger partial charge in [0.1, 0.15) is 6.10 Å². The van der Waals surface area contributed by atoms with Gasteiger partial charge in [0.25, 0.3) is 5.91 Å². The van der Waals surface area contributed by atoms with Crippen LogP contribution in [0.3, 0.4) is 0 Å². The summed E-state index contributed by atoms with van der Waals surface area (Å²) in [4.78, 5) is 14.3. The lowest BCUT2D eigenvalue weighted by molar-refractivity contribution is -0.140. The molecule has 4 nitrogen and oxygen atoms in total. The molecule has 0 aromatic carbocycles. The van der Waals surface area contributed by atoms with Crippen molar-refractivity contribution in [1.29, 1.82) is 0 Å². The number of likely N-dealkylation sites (tertiary alicyclic amines) is 1. The summed E-state index contributed by atoms with van der Waals surface area (Å²) in [6, 6.07) is 0.302. The average Bonchev–Trinajstić information content (AvgIpc) is 2.98. The van der Waals surface area contributed by atoms with Crippen molar-refractivity contribution in [2.75, 3.05) is 19.7 Å². The fraction of sp³-hybridized carbons (Fsp3) is 0.923. The van der Waals surface area contributed by atoms with Gasteiger partial charge in [0.05, 0.1) is 0 Å². The van der Waals surface area contributed by atoms with Gasteiger partial charge in [-0.25, -0.2) is 0 Å². The number of nitrogens with two attached hydrogens (primary N) is 1. The van der Waals surface area contributed by atoms with Gasteiger partial charge in [-0.2, -0.15) is 0 Å². The number of rotatable bonds is 1. The standard InChI is InChI=1S/C13H22N2O2.ClH/c14-11-4-1-3-9-7-15(8-10(9)11)13(16)12-5-2-6-17-12;/h9-12H,1-8,14H2;1H/t9?,10?,11?,12-;/m0./s1. The predicted octanol–water partition coefficient (Wildman–Crippen LogP) is 1.17. The zero-order valence-corrected chi connectivity index (χ0v) is 11.5. The maximum Gasteiger partial charge on any atom is 0.251 e. The molecular formula is C13H23ClN2O2. The van der Waals surface area contributed by atoms with Crippen LogP contribution in [0.1, 0.15) is 32.1 Å². The highest BCUT2D eigenvalue weighted by molar-refractivity contribution is 5.85. The molecule has 5 heteroatoms. The molecule has 1 aliphatic carbocycles. The molecule has 3 aliphatic rings. The van der Waals surface area contributed by atoms with E-state index in [-0.39, 0.29) is 24.4 Å². The van der Waals surface area contributed by atoms with Crippen molar-refractivity contribution in [2.45, 2.75) is 44.2 Å². The molecule has 18 heavy (non-hydrogen) atoms. The summed E-state index contributed by atoms with van der Waals surface area (Å²) in [5, 5.41) is 0. The summed E-state index contributed by atoms with van der Waals surface area (Å²) < 4.78 is 5.48. The van der Waals surface area contributed by atoms with Gasteiger partial charge in [-0.1, -0.05) is 6.42 Å². The Morgan fingerprint density at radius 2 is 2.00 bits per heavy atom. The Morgan fingerprint density at radius 1 is 1.17 bits per heavy atom. The molecule has 0 aromatic heterocycles. The molecule has 2 heterocycles. The van der Waals surface area contributed by atoms with Crippen molar-refractivity contribution in [1.82, 2.24) is 4.90 Å². The second-order valence-electron chi connectivity index (χ2n) is 5.76. The van der Waals surface area contributed by atoms with E-state index in [1.54, 1.807) is 0 Å². The third-order valence-corrected chi connectivity index (χ3v) is 4.67. The van der Waals surface area contributed by atoms with E-state index >= 15 is 0 Å². The van der Waals surface area contributed by atoms with Crippen LogP contribution in [0, 0.1) is 11.8 Å². The molecule has 0 spiro atoms. The van der Waals surface area contributed by atoms with E-state index in [2.05, 4.69) is 0 Å². The highest BCUT2D eigenvalue weighted by atomic mass is 35.5. The third kappa shape index (κ3) is 2.51. The molecule has 2 saturated heterocycles. The van der Waals surface area contributed by atoms with Crippen molar-refractivity contribution in [3.63, 3.8) is 0 Å². The number of fused-ring (bicyclic) bond motifs is 1. The Bertz CT molecular complexity index is 307. The average molecular weight is 275 g/mol. The van der Waals surface area contributed by atoms with Crippen LogP contribution in [0.15, 0.2) is 0 Å². The van der Waals surface area contributed by atoms with Gasteiger partial charge < -0.3 is 15.4 Å². The molecule has 3 fully saturated rings. The summed E-state index contributed by atoms with van der Waals surface area (Å²) in [6.07, 6.45) is 5.36. The van der Waals surface area contributed by atoms with Crippen LogP contribution in [0.2, 0.25) is 0 Å². The van der Waals surface area contributed by atoms with E-state index in [1.807, 2.05) is 4.90 Å². The molecule has 2 aliphatic heterocycles. The molecule has 2 N–H and O–H groups in total. The fourth-order valence-corrected chi connectivity index (χ4v) is 3.67. The predicted molar refractivity (Wildman–Crippen MR) is 71.6 cm³/mol. The summed E-state index contributed by atoms with van der Waals surface area (Å²) >= 11 is 0. The number of amides is 1. The monoisotopic (exact) mass is 274 g/mol. The molecule has 3 unspecified atom stereocenters. The molecule has 104 valence electrons. The number of ether oxygens (including phenoxy) is 1. The van der Waals surface area contributed by atoms with Gasteiger partial charge in [0.15, 0.2) is 0 Å². The smallest absolute Gasteiger partial charge is 0.251 e. The largest absolute Gasteiger partial charge is 0.368 e. The van der Waals surface area contributed by atoms with Crippen molar-refractivity contribution in [3.8, 4) is 0 Å². The Balaban J connectivity index is 0.00000120. The first-order valence-electron chi connectivity index (χ1n) is 6.91. The number of hydrogen-bond donors (Lipinski definition) is 1. The molecule has 1 amide bonds. The number of carbonyl (C=O) groups is 1. The van der Waals surface area contributed by atoms with Crippen LogP contribution in [0.5, 0.6) is 0 Å². The molecule has 0 radical (unpaired) electrons. The number of nitrogens with zero attached hydrogens (tertiary/aromatic N) is 1. The first-order valence-corrected chi connectivity index (χ1v) is 6.91. The third-order valence-electron chi connectivity index (χ3n) is 4.67. The highest BCUT2D eigenvalue weighted by Crippen LogP contribution is 2.36. The minimum atomic E-state index is -0.161. The summed E-state index contributed by atoms with van der Waals surface area (Å²) in [5.41, 5.74) is 6.17. The second kappa shape index (κ2) is 5.76. The first kappa shape index (κ1) is 14.1. The maximum atomic E-state index is 12.3. The van der Waals surface area contributed by atoms with Gasteiger partial charge in [-0.15, -0.1) is 12.4 Å². The Labute approximate surface area is 115 Å². The quantitative estimate of drug-likeness (QED) is 0.781.